The lowest BCUT2D eigenvalue weighted by Gasteiger charge is -2.36. The number of hydrogen-bond donors (Lipinski definition) is 0. The van der Waals surface area contributed by atoms with Crippen LogP contribution in [0.3, 0.4) is 0 Å². The molecule has 0 radical (unpaired) electrons. The topological polar surface area (TPSA) is 21.7 Å². The Morgan fingerprint density at radius 3 is 1.26 bits per heavy atom. The van der Waals surface area contributed by atoms with Gasteiger partial charge in [-0.1, -0.05) is 158 Å². The second-order valence-electron chi connectivity index (χ2n) is 14.0. The molecule has 9 aromatic carbocycles. The van der Waals surface area contributed by atoms with Gasteiger partial charge in [0.25, 0.3) is 6.71 Å². The number of rotatable bonds is 5. The molecule has 54 heavy (non-hydrogen) atoms. The number of fused-ring (bicyclic) bond motifs is 6. The molecular formula is C50H32BNO2. The van der Waals surface area contributed by atoms with Crippen molar-refractivity contribution in [2.45, 2.75) is 0 Å². The quantitative estimate of drug-likeness (QED) is 0.168. The van der Waals surface area contributed by atoms with E-state index in [0.717, 1.165) is 78.7 Å². The van der Waals surface area contributed by atoms with Gasteiger partial charge in [0.2, 0.25) is 0 Å². The molecule has 2 heterocycles. The maximum Gasteiger partial charge on any atom is 0.260 e. The molecule has 9 aromatic rings. The minimum Gasteiger partial charge on any atom is -0.458 e. The monoisotopic (exact) mass is 689 g/mol. The zero-order valence-electron chi connectivity index (χ0n) is 29.3. The first-order valence-electron chi connectivity index (χ1n) is 18.5. The molecule has 0 aromatic heterocycles. The van der Waals surface area contributed by atoms with Crippen LogP contribution in [0.4, 0.5) is 17.1 Å². The van der Waals surface area contributed by atoms with E-state index in [1.165, 1.54) is 21.5 Å². The van der Waals surface area contributed by atoms with Crippen LogP contribution in [0, 0.1) is 0 Å². The largest absolute Gasteiger partial charge is 0.458 e. The van der Waals surface area contributed by atoms with Gasteiger partial charge in [0.1, 0.15) is 23.0 Å². The Hall–Kier alpha value is -7.04. The van der Waals surface area contributed by atoms with E-state index in [2.05, 4.69) is 199 Å². The summed E-state index contributed by atoms with van der Waals surface area (Å²) in [7, 11) is 0. The fourth-order valence-corrected chi connectivity index (χ4v) is 8.61. The second kappa shape index (κ2) is 12.3. The summed E-state index contributed by atoms with van der Waals surface area (Å²) in [4.78, 5) is 2.27. The lowest BCUT2D eigenvalue weighted by molar-refractivity contribution is 0.466. The molecule has 2 aliphatic rings. The first-order valence-corrected chi connectivity index (χ1v) is 18.5. The molecule has 0 bridgehead atoms. The normalized spacial score (nSPS) is 12.3. The third-order valence-corrected chi connectivity index (χ3v) is 11.0. The van der Waals surface area contributed by atoms with Gasteiger partial charge < -0.3 is 14.4 Å². The minimum atomic E-state index is -0.108. The SMILES string of the molecule is c1ccc(N(c2ccccc2)c2cc3c4c(c2)Oc2c(cccc2-c2cccc5ccccc25)B4c2cccc(-c4cccc5ccccc45)c2O3)cc1. The number of para-hydroxylation sites is 4. The van der Waals surface area contributed by atoms with Gasteiger partial charge in [0, 0.05) is 40.1 Å². The third-order valence-electron chi connectivity index (χ3n) is 11.0. The Morgan fingerprint density at radius 2 is 0.759 bits per heavy atom. The van der Waals surface area contributed by atoms with Crippen LogP contribution >= 0.6 is 0 Å². The average molecular weight is 690 g/mol. The van der Waals surface area contributed by atoms with Crippen molar-refractivity contribution in [3.8, 4) is 45.3 Å². The van der Waals surface area contributed by atoms with E-state index in [1.807, 2.05) is 0 Å². The summed E-state index contributed by atoms with van der Waals surface area (Å²) >= 11 is 0. The molecule has 0 spiro atoms. The summed E-state index contributed by atoms with van der Waals surface area (Å²) < 4.78 is 14.4. The molecule has 252 valence electrons. The van der Waals surface area contributed by atoms with Crippen LogP contribution in [-0.2, 0) is 0 Å². The summed E-state index contributed by atoms with van der Waals surface area (Å²) in [6, 6.07) is 68.8. The standard InChI is InChI=1S/C50H32BNO2/c1-3-19-35(20-4-1)52(36-21-5-2-6-22-36)37-31-46-48-47(32-37)54-50-43(41-26-12-18-34-16-8-10-24-39(34)41)28-14-30-45(50)51(48)44-29-13-27-42(49(44)53-46)40-25-11-17-33-15-7-9-23-38(33)40/h1-32H. The highest BCUT2D eigenvalue weighted by molar-refractivity contribution is 6.98. The molecule has 3 nitrogen and oxygen atoms in total. The van der Waals surface area contributed by atoms with Crippen molar-refractivity contribution in [3.63, 3.8) is 0 Å². The fraction of sp³-hybridized carbons (Fsp3) is 0. The molecule has 0 saturated carbocycles. The van der Waals surface area contributed by atoms with Crippen molar-refractivity contribution < 1.29 is 9.47 Å². The average Bonchev–Trinajstić information content (AvgIpc) is 3.23. The molecule has 0 atom stereocenters. The van der Waals surface area contributed by atoms with Crippen molar-refractivity contribution in [1.82, 2.24) is 0 Å². The molecule has 11 rings (SSSR count). The molecule has 0 saturated heterocycles. The summed E-state index contributed by atoms with van der Waals surface area (Å²) in [5.41, 5.74) is 10.8. The summed E-state index contributed by atoms with van der Waals surface area (Å²) in [6.07, 6.45) is 0. The molecule has 0 unspecified atom stereocenters. The summed E-state index contributed by atoms with van der Waals surface area (Å²) in [5, 5.41) is 4.79. The van der Waals surface area contributed by atoms with Gasteiger partial charge in [-0.2, -0.15) is 0 Å². The van der Waals surface area contributed by atoms with Gasteiger partial charge in [-0.25, -0.2) is 0 Å². The molecule has 0 fully saturated rings. The lowest BCUT2D eigenvalue weighted by atomic mass is 9.34. The Bertz CT molecular complexity index is 2700. The number of benzene rings is 9. The van der Waals surface area contributed by atoms with Crippen LogP contribution in [0.5, 0.6) is 23.0 Å². The van der Waals surface area contributed by atoms with Crippen LogP contribution in [0.25, 0.3) is 43.8 Å². The minimum absolute atomic E-state index is 0.108. The summed E-state index contributed by atoms with van der Waals surface area (Å²) in [6.45, 7) is -0.108. The first-order chi connectivity index (χ1) is 26.8. The number of nitrogens with zero attached hydrogens (tertiary/aromatic N) is 1. The first kappa shape index (κ1) is 30.6. The van der Waals surface area contributed by atoms with Crippen molar-refractivity contribution in [2.75, 3.05) is 4.90 Å². The van der Waals surface area contributed by atoms with E-state index in [-0.39, 0.29) is 6.71 Å². The molecule has 0 N–H and O–H groups in total. The Balaban J connectivity index is 1.19. The van der Waals surface area contributed by atoms with E-state index < -0.39 is 0 Å². The third kappa shape index (κ3) is 4.77. The van der Waals surface area contributed by atoms with Crippen LogP contribution in [0.1, 0.15) is 0 Å². The van der Waals surface area contributed by atoms with Crippen molar-refractivity contribution in [2.24, 2.45) is 0 Å². The Kier molecular flexibility index (Phi) is 6.96. The Morgan fingerprint density at radius 1 is 0.352 bits per heavy atom. The van der Waals surface area contributed by atoms with Gasteiger partial charge in [-0.15, -0.1) is 0 Å². The van der Waals surface area contributed by atoms with E-state index in [4.69, 9.17) is 9.47 Å². The maximum absolute atomic E-state index is 7.20. The maximum atomic E-state index is 7.20. The molecule has 0 aliphatic carbocycles. The second-order valence-corrected chi connectivity index (χ2v) is 14.0. The number of ether oxygens (including phenoxy) is 2. The van der Waals surface area contributed by atoms with E-state index in [1.54, 1.807) is 0 Å². The van der Waals surface area contributed by atoms with Gasteiger partial charge >= 0.3 is 0 Å². The van der Waals surface area contributed by atoms with Crippen LogP contribution in [0.15, 0.2) is 194 Å². The molecular weight excluding hydrogens is 657 g/mol. The highest BCUT2D eigenvalue weighted by atomic mass is 16.5. The van der Waals surface area contributed by atoms with Crippen molar-refractivity contribution in [3.05, 3.63) is 194 Å². The van der Waals surface area contributed by atoms with Crippen LogP contribution in [-0.4, -0.2) is 6.71 Å². The van der Waals surface area contributed by atoms with Gasteiger partial charge in [-0.05, 0) is 67.9 Å². The zero-order valence-corrected chi connectivity index (χ0v) is 29.3. The fourth-order valence-electron chi connectivity index (χ4n) is 8.61. The number of anilines is 3. The van der Waals surface area contributed by atoms with Gasteiger partial charge in [-0.3, -0.25) is 0 Å². The predicted molar refractivity (Wildman–Crippen MR) is 225 cm³/mol. The zero-order chi connectivity index (χ0) is 35.6. The molecule has 2 aliphatic heterocycles. The van der Waals surface area contributed by atoms with E-state index >= 15 is 0 Å². The van der Waals surface area contributed by atoms with E-state index in [9.17, 15) is 0 Å². The number of hydrogen-bond acceptors (Lipinski definition) is 3. The molecule has 0 amide bonds. The molecule has 4 heteroatoms. The highest BCUT2D eigenvalue weighted by Crippen LogP contribution is 2.47. The summed E-state index contributed by atoms with van der Waals surface area (Å²) in [5.74, 6) is 3.35. The van der Waals surface area contributed by atoms with E-state index in [0.29, 0.717) is 0 Å². The van der Waals surface area contributed by atoms with Gasteiger partial charge in [0.05, 0.1) is 5.69 Å². The highest BCUT2D eigenvalue weighted by Gasteiger charge is 2.42. The lowest BCUT2D eigenvalue weighted by Crippen LogP contribution is -2.57. The van der Waals surface area contributed by atoms with Crippen molar-refractivity contribution in [1.29, 1.82) is 0 Å². The van der Waals surface area contributed by atoms with Crippen LogP contribution < -0.4 is 30.8 Å². The van der Waals surface area contributed by atoms with Crippen molar-refractivity contribution >= 4 is 61.7 Å². The predicted octanol–water partition coefficient (Wildman–Crippen LogP) is 11.5. The smallest absolute Gasteiger partial charge is 0.260 e. The van der Waals surface area contributed by atoms with Crippen LogP contribution in [0.2, 0.25) is 0 Å². The van der Waals surface area contributed by atoms with Gasteiger partial charge in [0.15, 0.2) is 0 Å². The Labute approximate surface area is 314 Å².